The van der Waals surface area contributed by atoms with Crippen LogP contribution in [0.15, 0.2) is 16.7 Å². The molecule has 0 aliphatic carbocycles. The lowest BCUT2D eigenvalue weighted by Crippen LogP contribution is -2.23. The Labute approximate surface area is 104 Å². The van der Waals surface area contributed by atoms with Crippen LogP contribution < -0.4 is 0 Å². The van der Waals surface area contributed by atoms with Gasteiger partial charge in [-0.25, -0.2) is 0 Å². The Morgan fingerprint density at radius 1 is 1.62 bits per heavy atom. The van der Waals surface area contributed by atoms with Gasteiger partial charge in [0.15, 0.2) is 0 Å². The summed E-state index contributed by atoms with van der Waals surface area (Å²) in [6.07, 6.45) is 1.79. The minimum atomic E-state index is 0.417. The quantitative estimate of drug-likeness (QED) is 0.590. The van der Waals surface area contributed by atoms with E-state index in [1.807, 2.05) is 14.0 Å². The third kappa shape index (κ3) is 4.28. The van der Waals surface area contributed by atoms with E-state index in [1.54, 1.807) is 6.20 Å². The fourth-order valence-corrected chi connectivity index (χ4v) is 1.71. The standard InChI is InChI=1S/C11H15BrN2O2/c1-9-10(5-11(12)6-13-9)7-14(2)3-4-16-8-15/h5-6,8H,3-4,7H2,1-2H3. The summed E-state index contributed by atoms with van der Waals surface area (Å²) in [5.74, 6) is 0. The van der Waals surface area contributed by atoms with Crippen molar-refractivity contribution in [2.75, 3.05) is 20.2 Å². The third-order valence-corrected chi connectivity index (χ3v) is 2.69. The van der Waals surface area contributed by atoms with Gasteiger partial charge in [0.05, 0.1) is 0 Å². The van der Waals surface area contributed by atoms with Crippen molar-refractivity contribution < 1.29 is 9.53 Å². The minimum absolute atomic E-state index is 0.417. The van der Waals surface area contributed by atoms with Gasteiger partial charge in [-0.15, -0.1) is 0 Å². The first-order valence-electron chi connectivity index (χ1n) is 4.98. The highest BCUT2D eigenvalue weighted by Gasteiger charge is 2.04. The summed E-state index contributed by atoms with van der Waals surface area (Å²) in [5, 5.41) is 0. The van der Waals surface area contributed by atoms with E-state index in [2.05, 4.69) is 36.6 Å². The predicted octanol–water partition coefficient (Wildman–Crippen LogP) is 1.76. The molecule has 1 aromatic rings. The smallest absolute Gasteiger partial charge is 0.293 e. The number of likely N-dealkylation sites (N-methyl/N-ethyl adjacent to an activating group) is 1. The van der Waals surface area contributed by atoms with Crippen molar-refractivity contribution in [2.45, 2.75) is 13.5 Å². The Bertz CT molecular complexity index is 358. The number of aryl methyl sites for hydroxylation is 1. The fourth-order valence-electron chi connectivity index (χ4n) is 1.34. The normalized spacial score (nSPS) is 10.5. The molecule has 0 aliphatic rings. The molecule has 5 heteroatoms. The maximum atomic E-state index is 9.99. The van der Waals surface area contributed by atoms with Crippen LogP contribution in [-0.4, -0.2) is 36.6 Å². The molecule has 0 spiro atoms. The third-order valence-electron chi connectivity index (χ3n) is 2.26. The van der Waals surface area contributed by atoms with E-state index in [0.717, 1.165) is 16.7 Å². The zero-order chi connectivity index (χ0) is 12.0. The van der Waals surface area contributed by atoms with Crippen LogP contribution in [0, 0.1) is 6.92 Å². The second-order valence-corrected chi connectivity index (χ2v) is 4.52. The molecule has 0 amide bonds. The van der Waals surface area contributed by atoms with Gasteiger partial charge in [-0.2, -0.15) is 0 Å². The summed E-state index contributed by atoms with van der Waals surface area (Å²) in [5.41, 5.74) is 2.19. The van der Waals surface area contributed by atoms with Crippen LogP contribution in [0.25, 0.3) is 0 Å². The molecular formula is C11H15BrN2O2. The first-order valence-corrected chi connectivity index (χ1v) is 5.77. The lowest BCUT2D eigenvalue weighted by atomic mass is 10.2. The van der Waals surface area contributed by atoms with Crippen LogP contribution >= 0.6 is 15.9 Å². The SMILES string of the molecule is Cc1ncc(Br)cc1CN(C)CCOC=O. The molecule has 0 aliphatic heterocycles. The van der Waals surface area contributed by atoms with Gasteiger partial charge in [-0.3, -0.25) is 14.7 Å². The van der Waals surface area contributed by atoms with Crippen LogP contribution in [0.2, 0.25) is 0 Å². The van der Waals surface area contributed by atoms with E-state index in [-0.39, 0.29) is 0 Å². The van der Waals surface area contributed by atoms with E-state index in [1.165, 1.54) is 5.56 Å². The van der Waals surface area contributed by atoms with Gasteiger partial charge in [0, 0.05) is 29.5 Å². The Hall–Kier alpha value is -0.940. The van der Waals surface area contributed by atoms with Gasteiger partial charge in [0.2, 0.25) is 0 Å². The number of rotatable bonds is 6. The fraction of sp³-hybridized carbons (Fsp3) is 0.455. The minimum Gasteiger partial charge on any atom is -0.467 e. The number of pyridine rings is 1. The van der Waals surface area contributed by atoms with Gasteiger partial charge in [0.1, 0.15) is 6.61 Å². The van der Waals surface area contributed by atoms with E-state index in [9.17, 15) is 4.79 Å². The molecule has 0 N–H and O–H groups in total. The van der Waals surface area contributed by atoms with Gasteiger partial charge >= 0.3 is 0 Å². The first kappa shape index (κ1) is 13.1. The summed E-state index contributed by atoms with van der Waals surface area (Å²) < 4.78 is 5.63. The zero-order valence-corrected chi connectivity index (χ0v) is 11.0. The second kappa shape index (κ2) is 6.60. The molecule has 0 fully saturated rings. The monoisotopic (exact) mass is 286 g/mol. The van der Waals surface area contributed by atoms with Gasteiger partial charge in [-0.05, 0) is 41.5 Å². The number of carbonyl (C=O) groups excluding carboxylic acids is 1. The van der Waals surface area contributed by atoms with Crippen molar-refractivity contribution in [1.29, 1.82) is 0 Å². The Morgan fingerprint density at radius 2 is 2.38 bits per heavy atom. The Kier molecular flexibility index (Phi) is 5.42. The summed E-state index contributed by atoms with van der Waals surface area (Å²) >= 11 is 3.40. The first-order chi connectivity index (χ1) is 7.63. The molecule has 16 heavy (non-hydrogen) atoms. The molecule has 0 aromatic carbocycles. The van der Waals surface area contributed by atoms with Gasteiger partial charge in [0.25, 0.3) is 6.47 Å². The number of hydrogen-bond donors (Lipinski definition) is 0. The highest BCUT2D eigenvalue weighted by atomic mass is 79.9. The molecule has 1 heterocycles. The second-order valence-electron chi connectivity index (χ2n) is 3.60. The lowest BCUT2D eigenvalue weighted by Gasteiger charge is -2.17. The van der Waals surface area contributed by atoms with Crippen LogP contribution in [0.1, 0.15) is 11.3 Å². The maximum Gasteiger partial charge on any atom is 0.293 e. The van der Waals surface area contributed by atoms with Crippen molar-refractivity contribution in [3.8, 4) is 0 Å². The summed E-state index contributed by atoms with van der Waals surface area (Å²) in [6.45, 7) is 4.38. The highest BCUT2D eigenvalue weighted by molar-refractivity contribution is 9.10. The largest absolute Gasteiger partial charge is 0.467 e. The van der Waals surface area contributed by atoms with Crippen molar-refractivity contribution in [1.82, 2.24) is 9.88 Å². The molecule has 4 nitrogen and oxygen atoms in total. The average molecular weight is 287 g/mol. The number of nitrogens with zero attached hydrogens (tertiary/aromatic N) is 2. The number of ether oxygens (including phenoxy) is 1. The molecule has 88 valence electrons. The van der Waals surface area contributed by atoms with Crippen LogP contribution in [0.4, 0.5) is 0 Å². The number of halogens is 1. The van der Waals surface area contributed by atoms with Gasteiger partial charge in [-0.1, -0.05) is 0 Å². The maximum absolute atomic E-state index is 9.99. The summed E-state index contributed by atoms with van der Waals surface area (Å²) in [6, 6.07) is 2.05. The highest BCUT2D eigenvalue weighted by Crippen LogP contribution is 2.14. The Balaban J connectivity index is 2.51. The number of carbonyl (C=O) groups is 1. The molecule has 0 saturated heterocycles. The number of hydrogen-bond acceptors (Lipinski definition) is 4. The van der Waals surface area contributed by atoms with Crippen molar-refractivity contribution >= 4 is 22.4 Å². The topological polar surface area (TPSA) is 42.4 Å². The molecule has 0 radical (unpaired) electrons. The van der Waals surface area contributed by atoms with E-state index < -0.39 is 0 Å². The van der Waals surface area contributed by atoms with Crippen LogP contribution in [0.3, 0.4) is 0 Å². The number of aromatic nitrogens is 1. The summed E-state index contributed by atoms with van der Waals surface area (Å²) in [4.78, 5) is 16.3. The Morgan fingerprint density at radius 3 is 3.06 bits per heavy atom. The molecule has 0 unspecified atom stereocenters. The summed E-state index contributed by atoms with van der Waals surface area (Å²) in [7, 11) is 1.98. The predicted molar refractivity (Wildman–Crippen MR) is 65.0 cm³/mol. The van der Waals surface area contributed by atoms with E-state index in [0.29, 0.717) is 19.6 Å². The van der Waals surface area contributed by atoms with Crippen molar-refractivity contribution in [3.05, 3.63) is 28.0 Å². The van der Waals surface area contributed by atoms with Crippen LogP contribution in [0.5, 0.6) is 0 Å². The lowest BCUT2D eigenvalue weighted by molar-refractivity contribution is -0.129. The van der Waals surface area contributed by atoms with Crippen molar-refractivity contribution in [3.63, 3.8) is 0 Å². The molecular weight excluding hydrogens is 272 g/mol. The van der Waals surface area contributed by atoms with Crippen molar-refractivity contribution in [2.24, 2.45) is 0 Å². The van der Waals surface area contributed by atoms with Crippen LogP contribution in [-0.2, 0) is 16.1 Å². The molecule has 0 saturated carbocycles. The molecule has 0 bridgehead atoms. The molecule has 1 rings (SSSR count). The van der Waals surface area contributed by atoms with E-state index >= 15 is 0 Å². The van der Waals surface area contributed by atoms with E-state index in [4.69, 9.17) is 0 Å². The average Bonchev–Trinajstić information content (AvgIpc) is 2.24. The zero-order valence-electron chi connectivity index (χ0n) is 9.44. The van der Waals surface area contributed by atoms with Gasteiger partial charge < -0.3 is 4.74 Å². The molecule has 0 atom stereocenters. The molecule has 1 aromatic heterocycles.